The van der Waals surface area contributed by atoms with E-state index in [1.807, 2.05) is 30.3 Å². The summed E-state index contributed by atoms with van der Waals surface area (Å²) in [7, 11) is 0. The van der Waals surface area contributed by atoms with Crippen LogP contribution in [0.25, 0.3) is 0 Å². The SMILES string of the molecule is O=C(O)C1(CN=Cc2ccccc2)CCCCC1. The molecule has 96 valence electrons. The molecule has 0 aromatic heterocycles. The number of hydrogen-bond acceptors (Lipinski definition) is 2. The van der Waals surface area contributed by atoms with Gasteiger partial charge in [-0.25, -0.2) is 0 Å². The summed E-state index contributed by atoms with van der Waals surface area (Å²) in [6.45, 7) is 0.400. The molecule has 1 aromatic rings. The lowest BCUT2D eigenvalue weighted by Gasteiger charge is -2.31. The minimum Gasteiger partial charge on any atom is -0.481 e. The molecule has 3 nitrogen and oxygen atoms in total. The highest BCUT2D eigenvalue weighted by Gasteiger charge is 2.39. The molecule has 0 spiro atoms. The van der Waals surface area contributed by atoms with Crippen LogP contribution in [0.4, 0.5) is 0 Å². The second-order valence-corrected chi connectivity index (χ2v) is 5.03. The summed E-state index contributed by atoms with van der Waals surface area (Å²) in [5, 5.41) is 9.41. The first-order valence-electron chi connectivity index (χ1n) is 6.51. The molecule has 1 aliphatic carbocycles. The van der Waals surface area contributed by atoms with Crippen LogP contribution in [0.3, 0.4) is 0 Å². The molecule has 3 heteroatoms. The van der Waals surface area contributed by atoms with Gasteiger partial charge in [-0.2, -0.15) is 0 Å². The molecule has 0 amide bonds. The Hall–Kier alpha value is -1.64. The minimum absolute atomic E-state index is 0.400. The van der Waals surface area contributed by atoms with E-state index in [0.717, 1.165) is 37.7 Å². The number of aliphatic carboxylic acids is 1. The van der Waals surface area contributed by atoms with E-state index >= 15 is 0 Å². The number of aliphatic imine (C=N–C) groups is 1. The van der Waals surface area contributed by atoms with Crippen molar-refractivity contribution < 1.29 is 9.90 Å². The van der Waals surface area contributed by atoms with Crippen molar-refractivity contribution in [2.45, 2.75) is 32.1 Å². The van der Waals surface area contributed by atoms with E-state index in [9.17, 15) is 9.90 Å². The lowest BCUT2D eigenvalue weighted by atomic mass is 9.74. The second kappa shape index (κ2) is 5.80. The topological polar surface area (TPSA) is 49.7 Å². The third-order valence-electron chi connectivity index (χ3n) is 3.70. The predicted molar refractivity (Wildman–Crippen MR) is 72.1 cm³/mol. The number of hydrogen-bond donors (Lipinski definition) is 1. The number of benzene rings is 1. The number of rotatable bonds is 4. The van der Waals surface area contributed by atoms with Crippen LogP contribution in [-0.4, -0.2) is 23.8 Å². The van der Waals surface area contributed by atoms with E-state index in [1.54, 1.807) is 6.21 Å². The van der Waals surface area contributed by atoms with E-state index in [1.165, 1.54) is 0 Å². The Labute approximate surface area is 108 Å². The third-order valence-corrected chi connectivity index (χ3v) is 3.70. The predicted octanol–water partition coefficient (Wildman–Crippen LogP) is 3.14. The van der Waals surface area contributed by atoms with Crippen LogP contribution < -0.4 is 0 Å². The van der Waals surface area contributed by atoms with Crippen LogP contribution >= 0.6 is 0 Å². The van der Waals surface area contributed by atoms with Crippen molar-refractivity contribution in [1.29, 1.82) is 0 Å². The number of carboxylic acid groups (broad SMARTS) is 1. The Morgan fingerprint density at radius 3 is 2.50 bits per heavy atom. The molecule has 0 heterocycles. The van der Waals surface area contributed by atoms with E-state index in [0.29, 0.717) is 6.54 Å². The van der Waals surface area contributed by atoms with Gasteiger partial charge in [0.25, 0.3) is 0 Å². The summed E-state index contributed by atoms with van der Waals surface area (Å²) >= 11 is 0. The fourth-order valence-corrected chi connectivity index (χ4v) is 2.53. The molecule has 1 aliphatic rings. The Morgan fingerprint density at radius 2 is 1.89 bits per heavy atom. The molecule has 1 fully saturated rings. The molecule has 0 radical (unpaired) electrons. The number of carbonyl (C=O) groups is 1. The molecule has 1 aromatic carbocycles. The Morgan fingerprint density at radius 1 is 1.22 bits per heavy atom. The lowest BCUT2D eigenvalue weighted by Crippen LogP contribution is -2.36. The Bertz CT molecular complexity index is 419. The van der Waals surface area contributed by atoms with Gasteiger partial charge in [-0.1, -0.05) is 49.6 Å². The number of carboxylic acids is 1. The van der Waals surface area contributed by atoms with Crippen molar-refractivity contribution in [3.05, 3.63) is 35.9 Å². The van der Waals surface area contributed by atoms with Gasteiger partial charge in [-0.05, 0) is 18.4 Å². The van der Waals surface area contributed by atoms with Crippen molar-refractivity contribution in [2.75, 3.05) is 6.54 Å². The van der Waals surface area contributed by atoms with Crippen molar-refractivity contribution in [3.63, 3.8) is 0 Å². The highest BCUT2D eigenvalue weighted by molar-refractivity contribution is 5.80. The molecule has 0 atom stereocenters. The van der Waals surface area contributed by atoms with E-state index in [-0.39, 0.29) is 0 Å². The van der Waals surface area contributed by atoms with Gasteiger partial charge in [0.2, 0.25) is 0 Å². The largest absolute Gasteiger partial charge is 0.481 e. The van der Waals surface area contributed by atoms with Crippen molar-refractivity contribution in [2.24, 2.45) is 10.4 Å². The minimum atomic E-state index is -0.688. The van der Waals surface area contributed by atoms with Crippen LogP contribution in [0.15, 0.2) is 35.3 Å². The molecule has 0 bridgehead atoms. The van der Waals surface area contributed by atoms with Crippen molar-refractivity contribution in [1.82, 2.24) is 0 Å². The van der Waals surface area contributed by atoms with Gasteiger partial charge in [-0.15, -0.1) is 0 Å². The summed E-state index contributed by atoms with van der Waals surface area (Å²) in [5.74, 6) is -0.688. The van der Waals surface area contributed by atoms with Crippen LogP contribution in [-0.2, 0) is 4.79 Å². The van der Waals surface area contributed by atoms with Crippen LogP contribution in [0.1, 0.15) is 37.7 Å². The van der Waals surface area contributed by atoms with Gasteiger partial charge in [0.15, 0.2) is 0 Å². The fourth-order valence-electron chi connectivity index (χ4n) is 2.53. The van der Waals surface area contributed by atoms with Gasteiger partial charge in [0.1, 0.15) is 0 Å². The molecule has 0 aliphatic heterocycles. The molecular weight excluding hydrogens is 226 g/mol. The summed E-state index contributed by atoms with van der Waals surface area (Å²) in [4.78, 5) is 15.8. The average Bonchev–Trinajstić information content (AvgIpc) is 2.41. The zero-order chi connectivity index (χ0) is 12.8. The van der Waals surface area contributed by atoms with Crippen LogP contribution in [0.5, 0.6) is 0 Å². The summed E-state index contributed by atoms with van der Waals surface area (Å²) in [6.07, 6.45) is 6.46. The Kier molecular flexibility index (Phi) is 4.13. The van der Waals surface area contributed by atoms with Gasteiger partial charge in [0, 0.05) is 6.21 Å². The standard InChI is InChI=1S/C15H19NO2/c17-14(18)15(9-5-2-6-10-15)12-16-11-13-7-3-1-4-8-13/h1,3-4,7-8,11H,2,5-6,9-10,12H2,(H,17,18). The van der Waals surface area contributed by atoms with Gasteiger partial charge in [0.05, 0.1) is 12.0 Å². The molecule has 1 N–H and O–H groups in total. The van der Waals surface area contributed by atoms with Crippen LogP contribution in [0.2, 0.25) is 0 Å². The highest BCUT2D eigenvalue weighted by atomic mass is 16.4. The molecule has 2 rings (SSSR count). The molecule has 1 saturated carbocycles. The smallest absolute Gasteiger partial charge is 0.311 e. The average molecular weight is 245 g/mol. The highest BCUT2D eigenvalue weighted by Crippen LogP contribution is 2.36. The van der Waals surface area contributed by atoms with E-state index in [4.69, 9.17) is 0 Å². The number of nitrogens with zero attached hydrogens (tertiary/aromatic N) is 1. The zero-order valence-electron chi connectivity index (χ0n) is 10.5. The van der Waals surface area contributed by atoms with Crippen LogP contribution in [0, 0.1) is 5.41 Å². The maximum Gasteiger partial charge on any atom is 0.311 e. The van der Waals surface area contributed by atoms with E-state index < -0.39 is 11.4 Å². The first-order valence-corrected chi connectivity index (χ1v) is 6.51. The molecule has 18 heavy (non-hydrogen) atoms. The monoisotopic (exact) mass is 245 g/mol. The van der Waals surface area contributed by atoms with Crippen molar-refractivity contribution >= 4 is 12.2 Å². The van der Waals surface area contributed by atoms with Gasteiger partial charge < -0.3 is 5.11 Å². The first kappa shape index (κ1) is 12.8. The maximum absolute atomic E-state index is 11.4. The third kappa shape index (κ3) is 2.97. The van der Waals surface area contributed by atoms with E-state index in [2.05, 4.69) is 4.99 Å². The summed E-state index contributed by atoms with van der Waals surface area (Å²) in [6, 6.07) is 9.80. The summed E-state index contributed by atoms with van der Waals surface area (Å²) < 4.78 is 0. The summed E-state index contributed by atoms with van der Waals surface area (Å²) in [5.41, 5.74) is 0.401. The molecule has 0 saturated heterocycles. The fraction of sp³-hybridized carbons (Fsp3) is 0.467. The van der Waals surface area contributed by atoms with Crippen molar-refractivity contribution in [3.8, 4) is 0 Å². The normalized spacial score (nSPS) is 18.9. The quantitative estimate of drug-likeness (QED) is 0.828. The van der Waals surface area contributed by atoms with Gasteiger partial charge >= 0.3 is 5.97 Å². The Balaban J connectivity index is 2.02. The molecule has 0 unspecified atom stereocenters. The zero-order valence-corrected chi connectivity index (χ0v) is 10.5. The molecular formula is C15H19NO2. The van der Waals surface area contributed by atoms with Gasteiger partial charge in [-0.3, -0.25) is 9.79 Å². The lowest BCUT2D eigenvalue weighted by molar-refractivity contribution is -0.150. The first-order chi connectivity index (χ1) is 8.73. The second-order valence-electron chi connectivity index (χ2n) is 5.03. The maximum atomic E-state index is 11.4.